The van der Waals surface area contributed by atoms with Gasteiger partial charge in [0.25, 0.3) is 0 Å². The van der Waals surface area contributed by atoms with Crippen LogP contribution < -0.4 is 0 Å². The standard InChI is InChI=1S/C18H22O/c1-3-8-14-12-13-17(15-10-6-5-7-11-15)18(19)16(14)9-4-2/h5-7,10-13,19H,3-4,8-9H2,1-2H3. The molecule has 0 atom stereocenters. The monoisotopic (exact) mass is 254 g/mol. The second kappa shape index (κ2) is 6.42. The maximum Gasteiger partial charge on any atom is 0.126 e. The van der Waals surface area contributed by atoms with Gasteiger partial charge in [-0.1, -0.05) is 69.2 Å². The molecule has 0 heterocycles. The lowest BCUT2D eigenvalue weighted by Gasteiger charge is -2.14. The maximum absolute atomic E-state index is 10.6. The normalized spacial score (nSPS) is 10.6. The minimum Gasteiger partial charge on any atom is -0.507 e. The van der Waals surface area contributed by atoms with Gasteiger partial charge in [0.1, 0.15) is 5.75 Å². The predicted octanol–water partition coefficient (Wildman–Crippen LogP) is 4.96. The van der Waals surface area contributed by atoms with Crippen molar-refractivity contribution in [2.45, 2.75) is 39.5 Å². The molecule has 0 saturated carbocycles. The SMILES string of the molecule is CCCc1ccc(-c2ccccc2)c(O)c1CCC. The van der Waals surface area contributed by atoms with Crippen LogP contribution in [0, 0.1) is 0 Å². The predicted molar refractivity (Wildman–Crippen MR) is 81.5 cm³/mol. The van der Waals surface area contributed by atoms with Crippen LogP contribution >= 0.6 is 0 Å². The Morgan fingerprint density at radius 1 is 0.842 bits per heavy atom. The summed E-state index contributed by atoms with van der Waals surface area (Å²) in [6.45, 7) is 4.34. The van der Waals surface area contributed by atoms with E-state index in [1.165, 1.54) is 5.56 Å². The van der Waals surface area contributed by atoms with Crippen molar-refractivity contribution in [3.8, 4) is 16.9 Å². The van der Waals surface area contributed by atoms with Crippen molar-refractivity contribution in [2.75, 3.05) is 0 Å². The molecule has 0 aliphatic carbocycles. The summed E-state index contributed by atoms with van der Waals surface area (Å²) in [4.78, 5) is 0. The molecule has 0 spiro atoms. The van der Waals surface area contributed by atoms with E-state index in [1.807, 2.05) is 30.3 Å². The van der Waals surface area contributed by atoms with Crippen LogP contribution in [0.5, 0.6) is 5.75 Å². The van der Waals surface area contributed by atoms with Crippen molar-refractivity contribution in [3.05, 3.63) is 53.6 Å². The number of aromatic hydroxyl groups is 1. The summed E-state index contributed by atoms with van der Waals surface area (Å²) < 4.78 is 0. The Hall–Kier alpha value is -1.76. The molecule has 1 N–H and O–H groups in total. The highest BCUT2D eigenvalue weighted by Gasteiger charge is 2.12. The lowest BCUT2D eigenvalue weighted by Crippen LogP contribution is -1.96. The first-order valence-corrected chi connectivity index (χ1v) is 7.17. The Balaban J connectivity index is 2.50. The zero-order valence-electron chi connectivity index (χ0n) is 11.8. The topological polar surface area (TPSA) is 20.2 Å². The quantitative estimate of drug-likeness (QED) is 0.799. The van der Waals surface area contributed by atoms with Crippen LogP contribution in [-0.2, 0) is 12.8 Å². The molecule has 0 unspecified atom stereocenters. The van der Waals surface area contributed by atoms with E-state index in [0.717, 1.165) is 42.4 Å². The van der Waals surface area contributed by atoms with Gasteiger partial charge in [-0.25, -0.2) is 0 Å². The third kappa shape index (κ3) is 2.98. The molecule has 0 aliphatic rings. The summed E-state index contributed by atoms with van der Waals surface area (Å²) in [5, 5.41) is 10.6. The molecule has 2 rings (SSSR count). The molecule has 19 heavy (non-hydrogen) atoms. The number of hydrogen-bond donors (Lipinski definition) is 1. The van der Waals surface area contributed by atoms with Crippen molar-refractivity contribution >= 4 is 0 Å². The highest BCUT2D eigenvalue weighted by molar-refractivity contribution is 5.72. The van der Waals surface area contributed by atoms with E-state index in [-0.39, 0.29) is 0 Å². The van der Waals surface area contributed by atoms with Gasteiger partial charge >= 0.3 is 0 Å². The van der Waals surface area contributed by atoms with Crippen LogP contribution in [0.4, 0.5) is 0 Å². The van der Waals surface area contributed by atoms with Crippen LogP contribution in [0.3, 0.4) is 0 Å². The zero-order chi connectivity index (χ0) is 13.7. The van der Waals surface area contributed by atoms with E-state index in [9.17, 15) is 5.11 Å². The van der Waals surface area contributed by atoms with Crippen molar-refractivity contribution in [1.82, 2.24) is 0 Å². The Kier molecular flexibility index (Phi) is 4.62. The molecular formula is C18H22O. The van der Waals surface area contributed by atoms with Crippen LogP contribution in [0.15, 0.2) is 42.5 Å². The van der Waals surface area contributed by atoms with Gasteiger partial charge in [0.2, 0.25) is 0 Å². The molecule has 0 bridgehead atoms. The van der Waals surface area contributed by atoms with Crippen molar-refractivity contribution in [1.29, 1.82) is 0 Å². The Bertz CT molecular complexity index is 529. The summed E-state index contributed by atoms with van der Waals surface area (Å²) >= 11 is 0. The molecule has 100 valence electrons. The lowest BCUT2D eigenvalue weighted by molar-refractivity contribution is 0.468. The van der Waals surface area contributed by atoms with Gasteiger partial charge in [-0.05, 0) is 29.5 Å². The second-order valence-electron chi connectivity index (χ2n) is 4.97. The molecule has 0 saturated heterocycles. The van der Waals surface area contributed by atoms with Crippen LogP contribution in [0.25, 0.3) is 11.1 Å². The number of aryl methyl sites for hydroxylation is 1. The number of hydrogen-bond acceptors (Lipinski definition) is 1. The second-order valence-corrected chi connectivity index (χ2v) is 4.97. The first kappa shape index (κ1) is 13.7. The molecule has 0 aromatic heterocycles. The Morgan fingerprint density at radius 3 is 2.16 bits per heavy atom. The number of phenols is 1. The van der Waals surface area contributed by atoms with Crippen LogP contribution in [0.2, 0.25) is 0 Å². The van der Waals surface area contributed by atoms with Crippen LogP contribution in [0.1, 0.15) is 37.8 Å². The average Bonchev–Trinajstić information content (AvgIpc) is 2.44. The van der Waals surface area contributed by atoms with Gasteiger partial charge in [0.05, 0.1) is 0 Å². The van der Waals surface area contributed by atoms with Crippen molar-refractivity contribution in [3.63, 3.8) is 0 Å². The Morgan fingerprint density at radius 2 is 1.53 bits per heavy atom. The maximum atomic E-state index is 10.6. The van der Waals surface area contributed by atoms with Crippen LogP contribution in [-0.4, -0.2) is 5.11 Å². The average molecular weight is 254 g/mol. The van der Waals surface area contributed by atoms with Gasteiger partial charge in [-0.15, -0.1) is 0 Å². The van der Waals surface area contributed by atoms with Crippen molar-refractivity contribution in [2.24, 2.45) is 0 Å². The molecule has 1 heteroatoms. The molecule has 2 aromatic carbocycles. The zero-order valence-corrected chi connectivity index (χ0v) is 11.8. The fourth-order valence-electron chi connectivity index (χ4n) is 2.56. The van der Waals surface area contributed by atoms with E-state index in [2.05, 4.69) is 26.0 Å². The Labute approximate surface area is 115 Å². The number of phenolic OH excluding ortho intramolecular Hbond substituents is 1. The largest absolute Gasteiger partial charge is 0.507 e. The fraction of sp³-hybridized carbons (Fsp3) is 0.333. The smallest absolute Gasteiger partial charge is 0.126 e. The van der Waals surface area contributed by atoms with Crippen molar-refractivity contribution < 1.29 is 5.11 Å². The molecule has 0 fully saturated rings. The lowest BCUT2D eigenvalue weighted by atomic mass is 9.93. The molecule has 0 radical (unpaired) electrons. The van der Waals surface area contributed by atoms with Gasteiger partial charge in [-0.2, -0.15) is 0 Å². The number of benzene rings is 2. The fourth-order valence-corrected chi connectivity index (χ4v) is 2.56. The van der Waals surface area contributed by atoms with E-state index in [1.54, 1.807) is 0 Å². The third-order valence-corrected chi connectivity index (χ3v) is 3.48. The molecule has 0 amide bonds. The van der Waals surface area contributed by atoms with Gasteiger partial charge in [0, 0.05) is 5.56 Å². The van der Waals surface area contributed by atoms with Gasteiger partial charge in [-0.3, -0.25) is 0 Å². The summed E-state index contributed by atoms with van der Waals surface area (Å²) in [7, 11) is 0. The summed E-state index contributed by atoms with van der Waals surface area (Å²) in [6, 6.07) is 14.3. The molecule has 1 nitrogen and oxygen atoms in total. The summed E-state index contributed by atoms with van der Waals surface area (Å²) in [6.07, 6.45) is 4.16. The third-order valence-electron chi connectivity index (χ3n) is 3.48. The summed E-state index contributed by atoms with van der Waals surface area (Å²) in [5.41, 5.74) is 4.46. The minimum atomic E-state index is 0.471. The number of rotatable bonds is 5. The highest BCUT2D eigenvalue weighted by Crippen LogP contribution is 2.35. The summed E-state index contributed by atoms with van der Waals surface area (Å²) in [5.74, 6) is 0.471. The highest BCUT2D eigenvalue weighted by atomic mass is 16.3. The van der Waals surface area contributed by atoms with E-state index >= 15 is 0 Å². The first-order valence-electron chi connectivity index (χ1n) is 7.17. The first-order chi connectivity index (χ1) is 9.27. The molecular weight excluding hydrogens is 232 g/mol. The van der Waals surface area contributed by atoms with Gasteiger partial charge < -0.3 is 5.11 Å². The molecule has 0 aliphatic heterocycles. The van der Waals surface area contributed by atoms with Gasteiger partial charge in [0.15, 0.2) is 0 Å². The minimum absolute atomic E-state index is 0.471. The van der Waals surface area contributed by atoms with E-state index in [0.29, 0.717) is 5.75 Å². The molecule has 2 aromatic rings. The van der Waals surface area contributed by atoms with E-state index in [4.69, 9.17) is 0 Å². The van der Waals surface area contributed by atoms with E-state index < -0.39 is 0 Å².